The molecule has 2 N–H and O–H groups in total. The van der Waals surface area contributed by atoms with Crippen molar-refractivity contribution in [2.45, 2.75) is 52.9 Å². The third-order valence-electron chi connectivity index (χ3n) is 4.10. The molecule has 0 spiro atoms. The van der Waals surface area contributed by atoms with Gasteiger partial charge in [0.25, 0.3) is 0 Å². The lowest BCUT2D eigenvalue weighted by atomic mass is 9.84. The molecule has 16 heavy (non-hydrogen) atoms. The van der Waals surface area contributed by atoms with Gasteiger partial charge in [-0.2, -0.15) is 0 Å². The predicted molar refractivity (Wildman–Crippen MR) is 71.5 cm³/mol. The first-order valence-corrected chi connectivity index (χ1v) is 7.00. The molecule has 1 rings (SSSR count). The Bertz CT molecular complexity index is 189. The maximum Gasteiger partial charge on any atom is 0.00100 e. The van der Waals surface area contributed by atoms with Crippen LogP contribution in [0.2, 0.25) is 0 Å². The van der Waals surface area contributed by atoms with Crippen LogP contribution in [0.5, 0.6) is 0 Å². The second-order valence-electron chi connectivity index (χ2n) is 6.17. The summed E-state index contributed by atoms with van der Waals surface area (Å²) in [5.41, 5.74) is 6.08. The molecule has 0 aromatic rings. The van der Waals surface area contributed by atoms with Gasteiger partial charge in [-0.15, -0.1) is 0 Å². The van der Waals surface area contributed by atoms with Crippen LogP contribution in [0.25, 0.3) is 0 Å². The molecule has 1 atom stereocenters. The van der Waals surface area contributed by atoms with Gasteiger partial charge in [-0.1, -0.05) is 27.2 Å². The minimum Gasteiger partial charge on any atom is -0.330 e. The highest BCUT2D eigenvalue weighted by Crippen LogP contribution is 2.27. The Kier molecular flexibility index (Phi) is 5.77. The van der Waals surface area contributed by atoms with Crippen LogP contribution in [0.1, 0.15) is 52.9 Å². The van der Waals surface area contributed by atoms with Gasteiger partial charge in [-0.3, -0.25) is 0 Å². The number of likely N-dealkylation sites (tertiary alicyclic amines) is 1. The first kappa shape index (κ1) is 14.0. The van der Waals surface area contributed by atoms with Crippen LogP contribution in [0.15, 0.2) is 0 Å². The van der Waals surface area contributed by atoms with E-state index in [1.807, 2.05) is 0 Å². The highest BCUT2D eigenvalue weighted by atomic mass is 15.1. The van der Waals surface area contributed by atoms with E-state index < -0.39 is 0 Å². The summed E-state index contributed by atoms with van der Waals surface area (Å²) in [6.07, 6.45) is 6.59. The van der Waals surface area contributed by atoms with Crippen molar-refractivity contribution >= 4 is 0 Å². The number of hydrogen-bond donors (Lipinski definition) is 1. The summed E-state index contributed by atoms with van der Waals surface area (Å²) in [5.74, 6) is 0.969. The number of hydrogen-bond acceptors (Lipinski definition) is 2. The SMILES string of the molecule is CCC1CCN(CCCC(C)(C)CCN)C1. The van der Waals surface area contributed by atoms with Crippen LogP contribution < -0.4 is 5.73 Å². The van der Waals surface area contributed by atoms with Gasteiger partial charge in [0.1, 0.15) is 0 Å². The molecule has 0 aliphatic carbocycles. The Morgan fingerprint density at radius 2 is 2.06 bits per heavy atom. The molecular weight excluding hydrogens is 196 g/mol. The Hall–Kier alpha value is -0.0800. The molecule has 0 radical (unpaired) electrons. The van der Waals surface area contributed by atoms with Crippen LogP contribution in [0.4, 0.5) is 0 Å². The van der Waals surface area contributed by atoms with Gasteiger partial charge < -0.3 is 10.6 Å². The lowest BCUT2D eigenvalue weighted by Crippen LogP contribution is -2.24. The first-order chi connectivity index (χ1) is 7.57. The molecular formula is C14H30N2. The van der Waals surface area contributed by atoms with Gasteiger partial charge in [-0.25, -0.2) is 0 Å². The van der Waals surface area contributed by atoms with Gasteiger partial charge in [0, 0.05) is 6.54 Å². The summed E-state index contributed by atoms with van der Waals surface area (Å²) < 4.78 is 0. The molecule has 1 fully saturated rings. The van der Waals surface area contributed by atoms with E-state index in [9.17, 15) is 0 Å². The van der Waals surface area contributed by atoms with Gasteiger partial charge in [0.2, 0.25) is 0 Å². The molecule has 1 unspecified atom stereocenters. The molecule has 2 nitrogen and oxygen atoms in total. The van der Waals surface area contributed by atoms with Crippen molar-refractivity contribution in [3.63, 3.8) is 0 Å². The molecule has 1 heterocycles. The number of rotatable bonds is 7. The summed E-state index contributed by atoms with van der Waals surface area (Å²) in [4.78, 5) is 2.65. The van der Waals surface area contributed by atoms with Crippen molar-refractivity contribution in [1.82, 2.24) is 4.90 Å². The molecule has 2 heteroatoms. The van der Waals surface area contributed by atoms with Gasteiger partial charge in [0.15, 0.2) is 0 Å². The second-order valence-corrected chi connectivity index (χ2v) is 6.17. The Balaban J connectivity index is 2.11. The third-order valence-corrected chi connectivity index (χ3v) is 4.10. The normalized spacial score (nSPS) is 22.9. The van der Waals surface area contributed by atoms with E-state index >= 15 is 0 Å². The van der Waals surface area contributed by atoms with Crippen LogP contribution in [0, 0.1) is 11.3 Å². The van der Waals surface area contributed by atoms with E-state index in [4.69, 9.17) is 5.73 Å². The minimum atomic E-state index is 0.443. The maximum atomic E-state index is 5.63. The van der Waals surface area contributed by atoms with Crippen molar-refractivity contribution in [1.29, 1.82) is 0 Å². The van der Waals surface area contributed by atoms with Crippen LogP contribution in [0.3, 0.4) is 0 Å². The van der Waals surface area contributed by atoms with E-state index in [0.717, 1.165) is 18.9 Å². The van der Waals surface area contributed by atoms with Crippen molar-refractivity contribution in [2.75, 3.05) is 26.2 Å². The van der Waals surface area contributed by atoms with Crippen molar-refractivity contribution in [3.8, 4) is 0 Å². The Labute approximate surface area is 102 Å². The minimum absolute atomic E-state index is 0.443. The standard InChI is InChI=1S/C14H30N2/c1-4-13-6-11-16(12-13)10-5-7-14(2,3)8-9-15/h13H,4-12,15H2,1-3H3. The molecule has 0 saturated carbocycles. The van der Waals surface area contributed by atoms with Crippen molar-refractivity contribution < 1.29 is 0 Å². The molecule has 1 aliphatic rings. The van der Waals surface area contributed by atoms with E-state index in [2.05, 4.69) is 25.7 Å². The van der Waals surface area contributed by atoms with E-state index in [0.29, 0.717) is 5.41 Å². The monoisotopic (exact) mass is 226 g/mol. The lowest BCUT2D eigenvalue weighted by molar-refractivity contribution is 0.258. The third kappa shape index (κ3) is 4.84. The Morgan fingerprint density at radius 3 is 2.62 bits per heavy atom. The summed E-state index contributed by atoms with van der Waals surface area (Å²) in [5, 5.41) is 0. The molecule has 0 amide bonds. The average Bonchev–Trinajstić information content (AvgIpc) is 2.65. The fraction of sp³-hybridized carbons (Fsp3) is 1.00. The molecule has 1 saturated heterocycles. The van der Waals surface area contributed by atoms with E-state index in [1.165, 1.54) is 45.3 Å². The summed E-state index contributed by atoms with van der Waals surface area (Å²) in [7, 11) is 0. The fourth-order valence-electron chi connectivity index (χ4n) is 2.75. The van der Waals surface area contributed by atoms with Crippen molar-refractivity contribution in [3.05, 3.63) is 0 Å². The van der Waals surface area contributed by atoms with E-state index in [-0.39, 0.29) is 0 Å². The zero-order valence-corrected chi connectivity index (χ0v) is 11.5. The van der Waals surface area contributed by atoms with Crippen LogP contribution in [-0.4, -0.2) is 31.1 Å². The quantitative estimate of drug-likeness (QED) is 0.723. The Morgan fingerprint density at radius 1 is 1.31 bits per heavy atom. The average molecular weight is 226 g/mol. The van der Waals surface area contributed by atoms with Crippen LogP contribution >= 0.6 is 0 Å². The van der Waals surface area contributed by atoms with Gasteiger partial charge >= 0.3 is 0 Å². The zero-order valence-electron chi connectivity index (χ0n) is 11.5. The highest BCUT2D eigenvalue weighted by Gasteiger charge is 2.21. The number of nitrogens with two attached hydrogens (primary N) is 1. The van der Waals surface area contributed by atoms with E-state index in [1.54, 1.807) is 0 Å². The number of nitrogens with zero attached hydrogens (tertiary/aromatic N) is 1. The smallest absolute Gasteiger partial charge is 0.00100 e. The first-order valence-electron chi connectivity index (χ1n) is 7.00. The maximum absolute atomic E-state index is 5.63. The molecule has 1 aliphatic heterocycles. The molecule has 0 bridgehead atoms. The highest BCUT2D eigenvalue weighted by molar-refractivity contribution is 4.76. The molecule has 0 aromatic heterocycles. The largest absolute Gasteiger partial charge is 0.330 e. The lowest BCUT2D eigenvalue weighted by Gasteiger charge is -2.25. The molecule has 0 aromatic carbocycles. The zero-order chi connectivity index (χ0) is 12.0. The van der Waals surface area contributed by atoms with Crippen molar-refractivity contribution in [2.24, 2.45) is 17.1 Å². The van der Waals surface area contributed by atoms with Gasteiger partial charge in [-0.05, 0) is 56.7 Å². The van der Waals surface area contributed by atoms with Gasteiger partial charge in [0.05, 0.1) is 0 Å². The topological polar surface area (TPSA) is 29.3 Å². The summed E-state index contributed by atoms with van der Waals surface area (Å²) >= 11 is 0. The van der Waals surface area contributed by atoms with Crippen LogP contribution in [-0.2, 0) is 0 Å². The fourth-order valence-corrected chi connectivity index (χ4v) is 2.75. The molecule has 96 valence electrons. The summed E-state index contributed by atoms with van der Waals surface area (Å²) in [6.45, 7) is 11.8. The predicted octanol–water partition coefficient (Wildman–Crippen LogP) is 2.87. The second kappa shape index (κ2) is 6.61. The summed E-state index contributed by atoms with van der Waals surface area (Å²) in [6, 6.07) is 0.